The number of hydrogen-bond acceptors (Lipinski definition) is 5. The molecule has 1 aliphatic carbocycles. The third kappa shape index (κ3) is 2.35. The molecule has 0 spiro atoms. The van der Waals surface area contributed by atoms with Crippen LogP contribution in [0, 0.1) is 5.82 Å². The van der Waals surface area contributed by atoms with E-state index in [4.69, 9.17) is 10.3 Å². The fraction of sp³-hybridized carbons (Fsp3) is 0.462. The Morgan fingerprint density at radius 2 is 2.00 bits per heavy atom. The molecular weight excluding hydrogens is 247 g/mol. The zero-order chi connectivity index (χ0) is 13.3. The molecule has 0 saturated heterocycles. The Morgan fingerprint density at radius 1 is 1.21 bits per heavy atom. The summed E-state index contributed by atoms with van der Waals surface area (Å²) in [5.41, 5.74) is 6.28. The van der Waals surface area contributed by atoms with Crippen molar-refractivity contribution in [3.05, 3.63) is 30.0 Å². The molecule has 2 N–H and O–H groups in total. The van der Waals surface area contributed by atoms with E-state index in [0.717, 1.165) is 31.9 Å². The van der Waals surface area contributed by atoms with Crippen molar-refractivity contribution in [2.24, 2.45) is 5.73 Å². The van der Waals surface area contributed by atoms with E-state index >= 15 is 0 Å². The molecule has 2 aromatic heterocycles. The van der Waals surface area contributed by atoms with E-state index in [1.54, 1.807) is 0 Å². The standard InChI is InChI=1S/C13H15FN4O/c14-9-4-5-10(16-8-9)11-17-12(19-18-11)13(15)6-2-1-3-7-13/h4-5,8H,1-3,6-7,15H2. The number of aromatic nitrogens is 3. The maximum atomic E-state index is 12.8. The number of nitrogens with two attached hydrogens (primary N) is 1. The van der Waals surface area contributed by atoms with Crippen LogP contribution in [0.4, 0.5) is 4.39 Å². The van der Waals surface area contributed by atoms with Gasteiger partial charge in [-0.15, -0.1) is 0 Å². The molecule has 5 nitrogen and oxygen atoms in total. The highest BCUT2D eigenvalue weighted by Gasteiger charge is 2.35. The van der Waals surface area contributed by atoms with Gasteiger partial charge in [0.2, 0.25) is 11.7 Å². The van der Waals surface area contributed by atoms with Gasteiger partial charge in [0.05, 0.1) is 11.7 Å². The predicted octanol–water partition coefficient (Wildman–Crippen LogP) is 2.39. The lowest BCUT2D eigenvalue weighted by atomic mass is 9.82. The molecule has 0 unspecified atom stereocenters. The summed E-state index contributed by atoms with van der Waals surface area (Å²) in [6.07, 6.45) is 6.17. The molecule has 0 radical (unpaired) electrons. The molecule has 6 heteroatoms. The van der Waals surface area contributed by atoms with Crippen LogP contribution in [-0.4, -0.2) is 15.1 Å². The third-order valence-corrected chi connectivity index (χ3v) is 3.55. The van der Waals surface area contributed by atoms with Gasteiger partial charge in [0.15, 0.2) is 0 Å². The Bertz CT molecular complexity index is 560. The zero-order valence-electron chi connectivity index (χ0n) is 10.5. The Hall–Kier alpha value is -1.82. The molecule has 0 aliphatic heterocycles. The van der Waals surface area contributed by atoms with E-state index < -0.39 is 11.4 Å². The van der Waals surface area contributed by atoms with Gasteiger partial charge in [0, 0.05) is 0 Å². The van der Waals surface area contributed by atoms with E-state index in [2.05, 4.69) is 15.1 Å². The monoisotopic (exact) mass is 262 g/mol. The van der Waals surface area contributed by atoms with E-state index in [0.29, 0.717) is 17.4 Å². The topological polar surface area (TPSA) is 77.8 Å². The van der Waals surface area contributed by atoms with Crippen LogP contribution in [0.3, 0.4) is 0 Å². The second-order valence-corrected chi connectivity index (χ2v) is 5.00. The summed E-state index contributed by atoms with van der Waals surface area (Å²) in [6, 6.07) is 2.84. The number of pyridine rings is 1. The lowest BCUT2D eigenvalue weighted by Gasteiger charge is -2.29. The smallest absolute Gasteiger partial charge is 0.247 e. The van der Waals surface area contributed by atoms with Crippen molar-refractivity contribution >= 4 is 0 Å². The van der Waals surface area contributed by atoms with Crippen molar-refractivity contribution in [1.29, 1.82) is 0 Å². The van der Waals surface area contributed by atoms with Crippen LogP contribution in [0.25, 0.3) is 11.5 Å². The van der Waals surface area contributed by atoms with Crippen LogP contribution in [0.2, 0.25) is 0 Å². The SMILES string of the molecule is NC1(c2nc(-c3ccc(F)cn3)no2)CCCCC1. The normalized spacial score (nSPS) is 18.4. The lowest BCUT2D eigenvalue weighted by molar-refractivity contribution is 0.220. The molecule has 19 heavy (non-hydrogen) atoms. The molecule has 1 saturated carbocycles. The quantitative estimate of drug-likeness (QED) is 0.899. The zero-order valence-corrected chi connectivity index (χ0v) is 10.5. The van der Waals surface area contributed by atoms with Crippen LogP contribution in [-0.2, 0) is 5.54 Å². The van der Waals surface area contributed by atoms with Crippen molar-refractivity contribution in [1.82, 2.24) is 15.1 Å². The van der Waals surface area contributed by atoms with Gasteiger partial charge in [-0.1, -0.05) is 24.4 Å². The van der Waals surface area contributed by atoms with Gasteiger partial charge < -0.3 is 10.3 Å². The van der Waals surface area contributed by atoms with Crippen molar-refractivity contribution in [3.8, 4) is 11.5 Å². The van der Waals surface area contributed by atoms with Gasteiger partial charge in [0.1, 0.15) is 11.5 Å². The Kier molecular flexibility index (Phi) is 3.02. The molecule has 2 aromatic rings. The van der Waals surface area contributed by atoms with Crippen LogP contribution < -0.4 is 5.73 Å². The van der Waals surface area contributed by atoms with E-state index in [1.807, 2.05) is 0 Å². The van der Waals surface area contributed by atoms with Crippen LogP contribution in [0.1, 0.15) is 38.0 Å². The Labute approximate surface area is 110 Å². The van der Waals surface area contributed by atoms with Crippen molar-refractivity contribution < 1.29 is 8.91 Å². The molecule has 1 aliphatic rings. The summed E-state index contributed by atoms with van der Waals surface area (Å²) in [6.45, 7) is 0. The van der Waals surface area contributed by atoms with Gasteiger partial charge in [-0.05, 0) is 25.0 Å². The highest BCUT2D eigenvalue weighted by molar-refractivity contribution is 5.47. The minimum atomic E-state index is -0.524. The van der Waals surface area contributed by atoms with Gasteiger partial charge in [0.25, 0.3) is 0 Å². The van der Waals surface area contributed by atoms with Crippen LogP contribution in [0.15, 0.2) is 22.9 Å². The second kappa shape index (κ2) is 4.70. The van der Waals surface area contributed by atoms with Gasteiger partial charge in [-0.25, -0.2) is 9.37 Å². The molecule has 0 amide bonds. The van der Waals surface area contributed by atoms with Crippen molar-refractivity contribution in [2.45, 2.75) is 37.6 Å². The van der Waals surface area contributed by atoms with E-state index in [9.17, 15) is 4.39 Å². The number of halogens is 1. The fourth-order valence-corrected chi connectivity index (χ4v) is 2.43. The van der Waals surface area contributed by atoms with Crippen LogP contribution >= 0.6 is 0 Å². The lowest BCUT2D eigenvalue weighted by Crippen LogP contribution is -2.38. The molecule has 2 heterocycles. The summed E-state index contributed by atoms with van der Waals surface area (Å²) < 4.78 is 18.1. The van der Waals surface area contributed by atoms with Gasteiger partial charge in [-0.2, -0.15) is 4.98 Å². The van der Waals surface area contributed by atoms with Gasteiger partial charge >= 0.3 is 0 Å². The van der Waals surface area contributed by atoms with E-state index in [1.165, 1.54) is 18.6 Å². The summed E-state index contributed by atoms with van der Waals surface area (Å²) in [5.74, 6) is 0.411. The number of hydrogen-bond donors (Lipinski definition) is 1. The molecule has 0 aromatic carbocycles. The fourth-order valence-electron chi connectivity index (χ4n) is 2.43. The summed E-state index contributed by atoms with van der Waals surface area (Å²) >= 11 is 0. The van der Waals surface area contributed by atoms with Crippen molar-refractivity contribution in [2.75, 3.05) is 0 Å². The average Bonchev–Trinajstić information content (AvgIpc) is 2.91. The van der Waals surface area contributed by atoms with Crippen LogP contribution in [0.5, 0.6) is 0 Å². The first kappa shape index (κ1) is 12.2. The highest BCUT2D eigenvalue weighted by Crippen LogP contribution is 2.34. The summed E-state index contributed by atoms with van der Waals surface area (Å²) in [5, 5.41) is 3.89. The predicted molar refractivity (Wildman–Crippen MR) is 66.4 cm³/mol. The molecular formula is C13H15FN4O. The summed E-state index contributed by atoms with van der Waals surface area (Å²) in [7, 11) is 0. The average molecular weight is 262 g/mol. The van der Waals surface area contributed by atoms with E-state index in [-0.39, 0.29) is 0 Å². The molecule has 1 fully saturated rings. The first-order valence-corrected chi connectivity index (χ1v) is 6.42. The van der Waals surface area contributed by atoms with Gasteiger partial charge in [-0.3, -0.25) is 0 Å². The second-order valence-electron chi connectivity index (χ2n) is 5.00. The Balaban J connectivity index is 1.88. The highest BCUT2D eigenvalue weighted by atomic mass is 19.1. The van der Waals surface area contributed by atoms with Crippen molar-refractivity contribution in [3.63, 3.8) is 0 Å². The molecule has 0 bridgehead atoms. The number of nitrogens with zero attached hydrogens (tertiary/aromatic N) is 3. The minimum absolute atomic E-state index is 0.352. The maximum Gasteiger partial charge on any atom is 0.247 e. The first-order chi connectivity index (χ1) is 9.17. The number of rotatable bonds is 2. The minimum Gasteiger partial charge on any atom is -0.337 e. The largest absolute Gasteiger partial charge is 0.337 e. The molecule has 100 valence electrons. The third-order valence-electron chi connectivity index (χ3n) is 3.55. The Morgan fingerprint density at radius 3 is 2.68 bits per heavy atom. The maximum absolute atomic E-state index is 12.8. The summed E-state index contributed by atoms with van der Waals surface area (Å²) in [4.78, 5) is 8.25. The molecule has 3 rings (SSSR count). The first-order valence-electron chi connectivity index (χ1n) is 6.42. The molecule has 0 atom stereocenters.